The molecule has 1 aliphatic rings. The molecule has 0 heterocycles. The fourth-order valence-electron chi connectivity index (χ4n) is 2.77. The first kappa shape index (κ1) is 14.9. The molecule has 0 saturated heterocycles. The lowest BCUT2D eigenvalue weighted by Gasteiger charge is -2.22. The zero-order valence-electron chi connectivity index (χ0n) is 11.8. The predicted octanol–water partition coefficient (Wildman–Crippen LogP) is 3.74. The first-order chi connectivity index (χ1) is 9.13. The number of benzene rings is 1. The van der Waals surface area contributed by atoms with Gasteiger partial charge in [0.2, 0.25) is 0 Å². The molecule has 1 atom stereocenters. The summed E-state index contributed by atoms with van der Waals surface area (Å²) in [6.45, 7) is 2.93. The molecule has 0 radical (unpaired) electrons. The van der Waals surface area contributed by atoms with Crippen molar-refractivity contribution in [2.24, 2.45) is 11.1 Å². The summed E-state index contributed by atoms with van der Waals surface area (Å²) in [7, 11) is 0. The van der Waals surface area contributed by atoms with Gasteiger partial charge in [0.05, 0.1) is 6.10 Å². The van der Waals surface area contributed by atoms with Crippen molar-refractivity contribution in [3.8, 4) is 0 Å². The third-order valence-electron chi connectivity index (χ3n) is 4.08. The molecule has 3 N–H and O–H groups in total. The molecule has 1 saturated carbocycles. The Hall–Kier alpha value is -0.510. The Morgan fingerprint density at radius 2 is 2.11 bits per heavy atom. The van der Waals surface area contributed by atoms with Crippen molar-refractivity contribution in [1.82, 2.24) is 0 Å². The number of rotatable bonds is 6. The number of aliphatic hydroxyl groups is 1. The highest BCUT2D eigenvalue weighted by atomic mass is 32.2. The minimum absolute atomic E-state index is 0.424. The van der Waals surface area contributed by atoms with E-state index in [-0.39, 0.29) is 0 Å². The second-order valence-electron chi connectivity index (χ2n) is 5.97. The Bertz CT molecular complexity index is 401. The minimum Gasteiger partial charge on any atom is -0.388 e. The first-order valence-electron chi connectivity index (χ1n) is 7.24. The molecule has 106 valence electrons. The van der Waals surface area contributed by atoms with E-state index in [2.05, 4.69) is 19.1 Å². The van der Waals surface area contributed by atoms with Gasteiger partial charge in [0.1, 0.15) is 0 Å². The summed E-state index contributed by atoms with van der Waals surface area (Å²) in [5.41, 5.74) is 7.00. The van der Waals surface area contributed by atoms with Gasteiger partial charge < -0.3 is 10.8 Å². The Labute approximate surface area is 120 Å². The minimum atomic E-state index is -0.424. The molecule has 0 bridgehead atoms. The Balaban J connectivity index is 1.95. The normalized spacial score (nSPS) is 19.5. The summed E-state index contributed by atoms with van der Waals surface area (Å²) in [5.74, 6) is 1.18. The third-order valence-corrected chi connectivity index (χ3v) is 5.51. The standard InChI is InChI=1S/C16H25NOS/c1-16(8-2-3-9-16)12-19-14-6-4-5-13(11-14)15(18)7-10-17/h4-6,11,15,18H,2-3,7-10,12,17H2,1H3. The average Bonchev–Trinajstić information content (AvgIpc) is 2.85. The molecular formula is C16H25NOS. The summed E-state index contributed by atoms with van der Waals surface area (Å²) < 4.78 is 0. The topological polar surface area (TPSA) is 46.2 Å². The molecule has 1 fully saturated rings. The number of hydrogen-bond acceptors (Lipinski definition) is 3. The van der Waals surface area contributed by atoms with Gasteiger partial charge >= 0.3 is 0 Å². The maximum atomic E-state index is 9.99. The van der Waals surface area contributed by atoms with E-state index in [0.717, 1.165) is 5.56 Å². The van der Waals surface area contributed by atoms with Crippen molar-refractivity contribution < 1.29 is 5.11 Å². The maximum absolute atomic E-state index is 9.99. The number of aliphatic hydroxyl groups excluding tert-OH is 1. The van der Waals surface area contributed by atoms with Gasteiger partial charge in [-0.2, -0.15) is 0 Å². The van der Waals surface area contributed by atoms with Crippen LogP contribution in [0.15, 0.2) is 29.2 Å². The van der Waals surface area contributed by atoms with E-state index in [0.29, 0.717) is 18.4 Å². The quantitative estimate of drug-likeness (QED) is 0.780. The molecular weight excluding hydrogens is 254 g/mol. The van der Waals surface area contributed by atoms with E-state index in [9.17, 15) is 5.11 Å². The van der Waals surface area contributed by atoms with Gasteiger partial charge in [0.25, 0.3) is 0 Å². The molecule has 2 rings (SSSR count). The van der Waals surface area contributed by atoms with Crippen LogP contribution < -0.4 is 5.73 Å². The van der Waals surface area contributed by atoms with Crippen LogP contribution in [0.3, 0.4) is 0 Å². The average molecular weight is 279 g/mol. The highest BCUT2D eigenvalue weighted by molar-refractivity contribution is 7.99. The second kappa shape index (κ2) is 6.78. The van der Waals surface area contributed by atoms with E-state index in [4.69, 9.17) is 5.73 Å². The van der Waals surface area contributed by atoms with Crippen LogP contribution in [0.2, 0.25) is 0 Å². The monoisotopic (exact) mass is 279 g/mol. The lowest BCUT2D eigenvalue weighted by molar-refractivity contribution is 0.170. The molecule has 1 unspecified atom stereocenters. The molecule has 1 aromatic rings. The molecule has 0 amide bonds. The third kappa shape index (κ3) is 4.23. The van der Waals surface area contributed by atoms with Crippen LogP contribution in [0, 0.1) is 5.41 Å². The van der Waals surface area contributed by atoms with E-state index >= 15 is 0 Å². The van der Waals surface area contributed by atoms with Crippen molar-refractivity contribution in [2.45, 2.75) is 50.0 Å². The van der Waals surface area contributed by atoms with E-state index < -0.39 is 6.10 Å². The van der Waals surface area contributed by atoms with E-state index in [1.54, 1.807) is 0 Å². The van der Waals surface area contributed by atoms with Gasteiger partial charge in [0, 0.05) is 10.6 Å². The number of nitrogens with two attached hydrogens (primary N) is 1. The van der Waals surface area contributed by atoms with Gasteiger partial charge in [-0.05, 0) is 48.9 Å². The van der Waals surface area contributed by atoms with Gasteiger partial charge in [-0.15, -0.1) is 11.8 Å². The molecule has 1 aliphatic carbocycles. The SMILES string of the molecule is CC1(CSc2cccc(C(O)CCN)c2)CCCC1. The van der Waals surface area contributed by atoms with Crippen LogP contribution in [-0.4, -0.2) is 17.4 Å². The van der Waals surface area contributed by atoms with Crippen molar-refractivity contribution in [1.29, 1.82) is 0 Å². The van der Waals surface area contributed by atoms with Crippen LogP contribution in [0.25, 0.3) is 0 Å². The lowest BCUT2D eigenvalue weighted by Crippen LogP contribution is -2.13. The zero-order valence-corrected chi connectivity index (χ0v) is 12.6. The maximum Gasteiger partial charge on any atom is 0.0802 e. The van der Waals surface area contributed by atoms with Gasteiger partial charge in [-0.1, -0.05) is 31.9 Å². The highest BCUT2D eigenvalue weighted by Crippen LogP contribution is 2.41. The van der Waals surface area contributed by atoms with Gasteiger partial charge in [0.15, 0.2) is 0 Å². The molecule has 19 heavy (non-hydrogen) atoms. The lowest BCUT2D eigenvalue weighted by atomic mass is 9.92. The van der Waals surface area contributed by atoms with Crippen molar-refractivity contribution >= 4 is 11.8 Å². The van der Waals surface area contributed by atoms with Crippen LogP contribution in [0.1, 0.15) is 50.7 Å². The fraction of sp³-hybridized carbons (Fsp3) is 0.625. The summed E-state index contributed by atoms with van der Waals surface area (Å²) >= 11 is 1.92. The fourth-order valence-corrected chi connectivity index (χ4v) is 3.96. The Kier molecular flexibility index (Phi) is 5.31. The Morgan fingerprint density at radius 1 is 1.37 bits per heavy atom. The molecule has 2 nitrogen and oxygen atoms in total. The van der Waals surface area contributed by atoms with Crippen molar-refractivity contribution in [3.63, 3.8) is 0 Å². The smallest absolute Gasteiger partial charge is 0.0802 e. The summed E-state index contributed by atoms with van der Waals surface area (Å²) in [5, 5.41) is 9.99. The van der Waals surface area contributed by atoms with Crippen LogP contribution in [0.4, 0.5) is 0 Å². The number of thioether (sulfide) groups is 1. The zero-order chi connectivity index (χ0) is 13.7. The molecule has 1 aromatic carbocycles. The molecule has 3 heteroatoms. The highest BCUT2D eigenvalue weighted by Gasteiger charge is 2.28. The van der Waals surface area contributed by atoms with Crippen LogP contribution >= 0.6 is 11.8 Å². The van der Waals surface area contributed by atoms with Gasteiger partial charge in [-0.3, -0.25) is 0 Å². The van der Waals surface area contributed by atoms with E-state index in [1.807, 2.05) is 23.9 Å². The summed E-state index contributed by atoms with van der Waals surface area (Å²) in [6.07, 6.45) is 5.68. The molecule has 0 spiro atoms. The summed E-state index contributed by atoms with van der Waals surface area (Å²) in [4.78, 5) is 1.27. The summed E-state index contributed by atoms with van der Waals surface area (Å²) in [6, 6.07) is 8.28. The second-order valence-corrected chi connectivity index (χ2v) is 7.02. The van der Waals surface area contributed by atoms with Crippen molar-refractivity contribution in [2.75, 3.05) is 12.3 Å². The predicted molar refractivity (Wildman–Crippen MR) is 82.4 cm³/mol. The van der Waals surface area contributed by atoms with Crippen LogP contribution in [0.5, 0.6) is 0 Å². The largest absolute Gasteiger partial charge is 0.388 e. The molecule has 0 aliphatic heterocycles. The number of hydrogen-bond donors (Lipinski definition) is 2. The van der Waals surface area contributed by atoms with Crippen LogP contribution in [-0.2, 0) is 0 Å². The van der Waals surface area contributed by atoms with E-state index in [1.165, 1.54) is 36.3 Å². The van der Waals surface area contributed by atoms with Gasteiger partial charge in [-0.25, -0.2) is 0 Å². The Morgan fingerprint density at radius 3 is 2.79 bits per heavy atom. The molecule has 0 aromatic heterocycles. The first-order valence-corrected chi connectivity index (χ1v) is 8.22. The van der Waals surface area contributed by atoms with Crippen molar-refractivity contribution in [3.05, 3.63) is 29.8 Å².